The lowest BCUT2D eigenvalue weighted by Crippen LogP contribution is -2.46. The summed E-state index contributed by atoms with van der Waals surface area (Å²) in [5.41, 5.74) is -1.21. The highest BCUT2D eigenvalue weighted by Gasteiger charge is 2.41. The summed E-state index contributed by atoms with van der Waals surface area (Å²) in [6.07, 6.45) is 0.421. The first kappa shape index (κ1) is 15.9. The molecule has 0 spiro atoms. The molecular formula is C13H16FNO5S. The van der Waals surface area contributed by atoms with E-state index < -0.39 is 32.1 Å². The molecule has 2 rings (SSSR count). The number of aliphatic carboxylic acids is 1. The van der Waals surface area contributed by atoms with E-state index in [4.69, 9.17) is 4.74 Å². The van der Waals surface area contributed by atoms with Crippen LogP contribution in [0.15, 0.2) is 29.2 Å². The van der Waals surface area contributed by atoms with Gasteiger partial charge in [0.15, 0.2) is 0 Å². The van der Waals surface area contributed by atoms with Crippen molar-refractivity contribution in [2.24, 2.45) is 5.41 Å². The van der Waals surface area contributed by atoms with E-state index in [0.29, 0.717) is 0 Å². The Hall–Kier alpha value is -1.51. The molecule has 0 saturated carbocycles. The summed E-state index contributed by atoms with van der Waals surface area (Å²) in [6.45, 7) is 0.226. The Morgan fingerprint density at radius 3 is 2.52 bits per heavy atom. The van der Waals surface area contributed by atoms with Crippen molar-refractivity contribution in [3.63, 3.8) is 0 Å². The lowest BCUT2D eigenvalue weighted by molar-refractivity contribution is -0.154. The molecule has 1 aliphatic heterocycles. The molecule has 1 aliphatic rings. The summed E-state index contributed by atoms with van der Waals surface area (Å²) >= 11 is 0. The molecule has 1 fully saturated rings. The molecule has 1 aromatic rings. The van der Waals surface area contributed by atoms with Gasteiger partial charge < -0.3 is 9.84 Å². The molecule has 1 saturated heterocycles. The topological polar surface area (TPSA) is 92.7 Å². The fourth-order valence-corrected chi connectivity index (χ4v) is 3.41. The third kappa shape index (κ3) is 3.39. The third-order valence-corrected chi connectivity index (χ3v) is 5.06. The van der Waals surface area contributed by atoms with Crippen LogP contribution in [-0.4, -0.2) is 39.3 Å². The molecule has 1 aromatic carbocycles. The van der Waals surface area contributed by atoms with E-state index in [-0.39, 0.29) is 32.6 Å². The van der Waals surface area contributed by atoms with Gasteiger partial charge in [-0.05, 0) is 25.0 Å². The first-order valence-electron chi connectivity index (χ1n) is 6.43. The number of carboxylic acids is 1. The van der Waals surface area contributed by atoms with Crippen LogP contribution in [0.25, 0.3) is 0 Å². The van der Waals surface area contributed by atoms with Crippen molar-refractivity contribution in [2.45, 2.75) is 17.7 Å². The smallest absolute Gasteiger partial charge is 0.311 e. The van der Waals surface area contributed by atoms with Gasteiger partial charge in [0, 0.05) is 19.8 Å². The number of carboxylic acid groups (broad SMARTS) is 1. The predicted octanol–water partition coefficient (Wildman–Crippen LogP) is 0.985. The van der Waals surface area contributed by atoms with Crippen molar-refractivity contribution >= 4 is 16.0 Å². The summed E-state index contributed by atoms with van der Waals surface area (Å²) in [5, 5.41) is 9.35. The van der Waals surface area contributed by atoms with Crippen LogP contribution in [0.1, 0.15) is 12.8 Å². The predicted molar refractivity (Wildman–Crippen MR) is 71.7 cm³/mol. The zero-order valence-electron chi connectivity index (χ0n) is 11.2. The highest BCUT2D eigenvalue weighted by atomic mass is 32.2. The summed E-state index contributed by atoms with van der Waals surface area (Å²) in [5.74, 6) is -1.96. The molecule has 6 nitrogen and oxygen atoms in total. The number of rotatable bonds is 5. The molecule has 0 unspecified atom stereocenters. The van der Waals surface area contributed by atoms with Crippen LogP contribution in [0.4, 0.5) is 4.39 Å². The number of carbonyl (C=O) groups is 1. The summed E-state index contributed by atoms with van der Waals surface area (Å²) < 4.78 is 45.0. The van der Waals surface area contributed by atoms with Crippen LogP contribution in [-0.2, 0) is 19.6 Å². The third-order valence-electron chi connectivity index (χ3n) is 3.63. The Kier molecular flexibility index (Phi) is 4.60. The summed E-state index contributed by atoms with van der Waals surface area (Å²) in [6, 6.07) is 4.95. The summed E-state index contributed by atoms with van der Waals surface area (Å²) in [7, 11) is -4.09. The average molecular weight is 317 g/mol. The van der Waals surface area contributed by atoms with Crippen molar-refractivity contribution in [3.8, 4) is 0 Å². The van der Waals surface area contributed by atoms with Crippen molar-refractivity contribution in [3.05, 3.63) is 30.1 Å². The SMILES string of the molecule is O=C(O)C1(CNS(=O)(=O)c2ccccc2F)CCOCC1. The van der Waals surface area contributed by atoms with Gasteiger partial charge >= 0.3 is 5.97 Å². The van der Waals surface area contributed by atoms with E-state index in [2.05, 4.69) is 4.72 Å². The van der Waals surface area contributed by atoms with E-state index in [1.807, 2.05) is 0 Å². The van der Waals surface area contributed by atoms with Crippen LogP contribution in [0.2, 0.25) is 0 Å². The lowest BCUT2D eigenvalue weighted by Gasteiger charge is -2.33. The number of ether oxygens (including phenoxy) is 1. The molecule has 0 atom stereocenters. The molecule has 21 heavy (non-hydrogen) atoms. The quantitative estimate of drug-likeness (QED) is 0.844. The van der Waals surface area contributed by atoms with Crippen molar-refractivity contribution in [1.29, 1.82) is 0 Å². The van der Waals surface area contributed by atoms with Gasteiger partial charge in [0.2, 0.25) is 10.0 Å². The Balaban J connectivity index is 2.17. The monoisotopic (exact) mass is 317 g/mol. The van der Waals surface area contributed by atoms with E-state index in [1.54, 1.807) is 0 Å². The zero-order valence-corrected chi connectivity index (χ0v) is 12.0. The van der Waals surface area contributed by atoms with Gasteiger partial charge in [0.05, 0.1) is 5.41 Å². The molecule has 8 heteroatoms. The fraction of sp³-hybridized carbons (Fsp3) is 0.462. The normalized spacial score (nSPS) is 18.3. The second-order valence-corrected chi connectivity index (χ2v) is 6.69. The number of sulfonamides is 1. The van der Waals surface area contributed by atoms with Crippen molar-refractivity contribution < 1.29 is 27.4 Å². The minimum absolute atomic E-state index is 0.210. The average Bonchev–Trinajstić information content (AvgIpc) is 2.46. The maximum Gasteiger partial charge on any atom is 0.311 e. The van der Waals surface area contributed by atoms with E-state index in [9.17, 15) is 22.7 Å². The van der Waals surface area contributed by atoms with Gasteiger partial charge in [-0.3, -0.25) is 4.79 Å². The molecule has 0 bridgehead atoms. The van der Waals surface area contributed by atoms with Gasteiger partial charge in [-0.15, -0.1) is 0 Å². The molecule has 0 radical (unpaired) electrons. The molecular weight excluding hydrogens is 301 g/mol. The molecule has 0 aromatic heterocycles. The van der Waals surface area contributed by atoms with Gasteiger partial charge in [-0.1, -0.05) is 12.1 Å². The number of hydrogen-bond donors (Lipinski definition) is 2. The molecule has 0 aliphatic carbocycles. The second-order valence-electron chi connectivity index (χ2n) is 4.95. The van der Waals surface area contributed by atoms with E-state index in [0.717, 1.165) is 12.1 Å². The summed E-state index contributed by atoms with van der Waals surface area (Å²) in [4.78, 5) is 10.9. The Bertz CT molecular complexity index is 625. The van der Waals surface area contributed by atoms with Gasteiger partial charge in [0.25, 0.3) is 0 Å². The Labute approximate surface area is 122 Å². The first-order chi connectivity index (χ1) is 9.87. The largest absolute Gasteiger partial charge is 0.481 e. The highest BCUT2D eigenvalue weighted by molar-refractivity contribution is 7.89. The van der Waals surface area contributed by atoms with Crippen molar-refractivity contribution in [1.82, 2.24) is 4.72 Å². The number of hydrogen-bond acceptors (Lipinski definition) is 4. The second kappa shape index (κ2) is 6.08. The maximum atomic E-state index is 13.5. The number of halogens is 1. The minimum Gasteiger partial charge on any atom is -0.481 e. The zero-order chi connectivity index (χ0) is 15.5. The minimum atomic E-state index is -4.09. The molecule has 116 valence electrons. The van der Waals surface area contributed by atoms with Gasteiger partial charge in [-0.25, -0.2) is 17.5 Å². The lowest BCUT2D eigenvalue weighted by atomic mass is 9.80. The van der Waals surface area contributed by atoms with Crippen LogP contribution < -0.4 is 4.72 Å². The van der Waals surface area contributed by atoms with Crippen LogP contribution in [0, 0.1) is 11.2 Å². The van der Waals surface area contributed by atoms with Gasteiger partial charge in [0.1, 0.15) is 10.7 Å². The molecule has 0 amide bonds. The number of benzene rings is 1. The molecule has 2 N–H and O–H groups in total. The number of nitrogens with one attached hydrogen (secondary N) is 1. The first-order valence-corrected chi connectivity index (χ1v) is 7.91. The fourth-order valence-electron chi connectivity index (χ4n) is 2.20. The van der Waals surface area contributed by atoms with Gasteiger partial charge in [-0.2, -0.15) is 0 Å². The molecule has 1 heterocycles. The van der Waals surface area contributed by atoms with E-state index >= 15 is 0 Å². The van der Waals surface area contributed by atoms with Crippen LogP contribution in [0.3, 0.4) is 0 Å². The van der Waals surface area contributed by atoms with Crippen LogP contribution >= 0.6 is 0 Å². The maximum absolute atomic E-state index is 13.5. The standard InChI is InChI=1S/C13H16FNO5S/c14-10-3-1-2-4-11(10)21(18,19)15-9-13(12(16)17)5-7-20-8-6-13/h1-4,15H,5-9H2,(H,16,17). The Morgan fingerprint density at radius 1 is 1.33 bits per heavy atom. The Morgan fingerprint density at radius 2 is 1.95 bits per heavy atom. The van der Waals surface area contributed by atoms with Crippen molar-refractivity contribution in [2.75, 3.05) is 19.8 Å². The van der Waals surface area contributed by atoms with Crippen LogP contribution in [0.5, 0.6) is 0 Å². The highest BCUT2D eigenvalue weighted by Crippen LogP contribution is 2.30. The van der Waals surface area contributed by atoms with E-state index in [1.165, 1.54) is 12.1 Å².